The van der Waals surface area contributed by atoms with Crippen LogP contribution < -0.4 is 4.74 Å². The van der Waals surface area contributed by atoms with Crippen LogP contribution in [0.15, 0.2) is 65.5 Å². The maximum atomic E-state index is 14.2. The zero-order valence-electron chi connectivity index (χ0n) is 47.6. The molecule has 1 saturated carbocycles. The molecule has 4 aliphatic rings. The molecule has 17 nitrogen and oxygen atoms in total. The molecule has 3 fully saturated rings. The second-order valence-corrected chi connectivity index (χ2v) is 23.0. The first kappa shape index (κ1) is 61.6. The van der Waals surface area contributed by atoms with Crippen molar-refractivity contribution in [2.45, 2.75) is 174 Å². The molecule has 2 saturated heterocycles. The number of methoxy groups -OCH3 is 2. The van der Waals surface area contributed by atoms with Crippen molar-refractivity contribution in [2.75, 3.05) is 67.8 Å². The lowest BCUT2D eigenvalue weighted by molar-refractivity contribution is -0.304. The molecule has 3 unspecified atom stereocenters. The van der Waals surface area contributed by atoms with E-state index in [2.05, 4.69) is 36.7 Å². The fraction of sp³-hybridized carbons (Fsp3) is 0.746. The van der Waals surface area contributed by atoms with E-state index in [1.54, 1.807) is 46.3 Å². The summed E-state index contributed by atoms with van der Waals surface area (Å²) in [5, 5.41) is 52.2. The minimum Gasteiger partial charge on any atom is -0.493 e. The summed E-state index contributed by atoms with van der Waals surface area (Å²) in [6, 6.07) is 9.07. The molecule has 6 rings (SSSR count). The first-order valence-corrected chi connectivity index (χ1v) is 28.1. The average molecular weight is 1070 g/mol. The van der Waals surface area contributed by atoms with E-state index < -0.39 is 91.2 Å². The van der Waals surface area contributed by atoms with Gasteiger partial charge in [-0.3, -0.25) is 9.78 Å². The minimum atomic E-state index is -1.23. The summed E-state index contributed by atoms with van der Waals surface area (Å²) < 4.78 is 44.0. The summed E-state index contributed by atoms with van der Waals surface area (Å²) in [6.07, 6.45) is 2.68. The number of nitrogens with zero attached hydrogens (tertiary/aromatic N) is 4. The van der Waals surface area contributed by atoms with Crippen LogP contribution in [0.25, 0.3) is 10.9 Å². The standard InChI is InChI=1S/C59H94N4O13/c1-13-49-44(34-72-50-29-39(6)53(66)58(70-12)57(50)69-11)27-35(2)17-19-46(61-73-25-15-24-71-45-18-20-47-42(30-45)16-14-22-60-47)38(5)28-43(21-23-63-32-36(3)26-37(4)33-63)56(40(7)48(64)31-51(65)75-49)76-59-55(68)52(62(9)10)54(67)41(8)74-59/h14,16-20,22,27,30,36-41,43-44,48-50,52-59,64,66-68H,13,15,21,23-26,28-29,31-34H2,1-12H3/b19-17+,35-27+,61-46+/t36?,37?,38-,39+,40+,41-,43+,44?,48-,49-,50-,52+,53-,54-,55+,56-,57+,58-,59+/m1/s1. The normalized spacial score (nSPS) is 38.4. The number of carbonyl (C=O) groups is 1. The fourth-order valence-corrected chi connectivity index (χ4v) is 12.2. The maximum absolute atomic E-state index is 14.2. The van der Waals surface area contributed by atoms with Gasteiger partial charge in [0, 0.05) is 63.1 Å². The molecule has 0 spiro atoms. The molecule has 19 atom stereocenters. The molecule has 3 aliphatic heterocycles. The van der Waals surface area contributed by atoms with Crippen LogP contribution >= 0.6 is 0 Å². The number of aromatic nitrogens is 1. The summed E-state index contributed by atoms with van der Waals surface area (Å²) in [7, 11) is 6.76. The van der Waals surface area contributed by atoms with Gasteiger partial charge in [-0.15, -0.1) is 0 Å². The van der Waals surface area contributed by atoms with E-state index in [4.69, 9.17) is 43.2 Å². The Morgan fingerprint density at radius 2 is 1.62 bits per heavy atom. The molecular weight excluding hydrogens is 973 g/mol. The molecule has 17 heteroatoms. The zero-order chi connectivity index (χ0) is 55.2. The number of likely N-dealkylation sites (N-methyl/N-ethyl adjacent to an activating group) is 1. The number of pyridine rings is 1. The third kappa shape index (κ3) is 16.7. The molecule has 4 heterocycles. The SMILES string of the molecule is CC[C@H]1OC(=O)C[C@@H](O)[C@H](C)[C@@H](O[C@@H]2O[C@H](C)[C@@H](O)[C@H](N(C)C)[C@@H]2O)[C@@H](CCN2CC(C)CC(C)C2)C[C@@H](C)C(=N/OCCCOc2ccc3ncccc3c2)/C=C/C(C)=C/C1CO[C@@H]1C[C@H](C)[C@@H](O)[C@@H](OC)[C@H]1OC. The molecule has 4 N–H and O–H groups in total. The van der Waals surface area contributed by atoms with Gasteiger partial charge < -0.3 is 68.2 Å². The third-order valence-electron chi connectivity index (χ3n) is 16.4. The monoisotopic (exact) mass is 1070 g/mol. The van der Waals surface area contributed by atoms with Crippen molar-refractivity contribution in [2.24, 2.45) is 46.6 Å². The van der Waals surface area contributed by atoms with Crippen LogP contribution in [-0.2, 0) is 38.1 Å². The second-order valence-electron chi connectivity index (χ2n) is 23.0. The maximum Gasteiger partial charge on any atom is 0.308 e. The smallest absolute Gasteiger partial charge is 0.308 e. The highest BCUT2D eigenvalue weighted by Crippen LogP contribution is 2.37. The Balaban J connectivity index is 1.34. The number of carbonyl (C=O) groups excluding carboxylic acids is 1. The Morgan fingerprint density at radius 1 is 0.882 bits per heavy atom. The van der Waals surface area contributed by atoms with E-state index >= 15 is 0 Å². The van der Waals surface area contributed by atoms with Gasteiger partial charge in [-0.05, 0) is 121 Å². The van der Waals surface area contributed by atoms with Crippen molar-refractivity contribution in [3.63, 3.8) is 0 Å². The van der Waals surface area contributed by atoms with Crippen molar-refractivity contribution in [3.8, 4) is 5.75 Å². The number of aliphatic hydroxyl groups is 4. The van der Waals surface area contributed by atoms with Crippen LogP contribution in [0.1, 0.15) is 100 Å². The van der Waals surface area contributed by atoms with Gasteiger partial charge >= 0.3 is 5.97 Å². The first-order valence-electron chi connectivity index (χ1n) is 28.1. The van der Waals surface area contributed by atoms with Crippen LogP contribution in [0.3, 0.4) is 0 Å². The van der Waals surface area contributed by atoms with Gasteiger partial charge in [0.05, 0.1) is 73.5 Å². The summed E-state index contributed by atoms with van der Waals surface area (Å²) in [5.74, 6) is -0.342. The molecule has 1 aromatic heterocycles. The largest absolute Gasteiger partial charge is 0.493 e. The molecule has 0 bridgehead atoms. The van der Waals surface area contributed by atoms with Gasteiger partial charge in [0.1, 0.15) is 36.8 Å². The molecule has 2 aromatic rings. The third-order valence-corrected chi connectivity index (χ3v) is 16.4. The Hall–Kier alpha value is -3.59. The number of esters is 1. The lowest BCUT2D eigenvalue weighted by Crippen LogP contribution is -2.63. The van der Waals surface area contributed by atoms with E-state index in [-0.39, 0.29) is 30.8 Å². The Morgan fingerprint density at radius 3 is 2.32 bits per heavy atom. The highest BCUT2D eigenvalue weighted by atomic mass is 16.7. The van der Waals surface area contributed by atoms with E-state index in [0.29, 0.717) is 62.9 Å². The quantitative estimate of drug-likeness (QED) is 0.0687. The molecule has 0 amide bonds. The summed E-state index contributed by atoms with van der Waals surface area (Å²) in [4.78, 5) is 29.0. The van der Waals surface area contributed by atoms with E-state index in [0.717, 1.165) is 41.9 Å². The van der Waals surface area contributed by atoms with Crippen molar-refractivity contribution in [1.82, 2.24) is 14.8 Å². The van der Waals surface area contributed by atoms with Gasteiger partial charge in [-0.2, -0.15) is 0 Å². The predicted octanol–water partition coefficient (Wildman–Crippen LogP) is 6.83. The fourth-order valence-electron chi connectivity index (χ4n) is 12.2. The Kier molecular flexibility index (Phi) is 24.0. The molecule has 76 heavy (non-hydrogen) atoms. The number of likely N-dealkylation sites (tertiary alicyclic amines) is 1. The van der Waals surface area contributed by atoms with E-state index in [1.807, 2.05) is 70.2 Å². The number of ether oxygens (including phenoxy) is 7. The molecule has 1 aliphatic carbocycles. The van der Waals surface area contributed by atoms with Crippen molar-refractivity contribution in [3.05, 3.63) is 60.3 Å². The van der Waals surface area contributed by atoms with E-state index in [1.165, 1.54) is 6.42 Å². The van der Waals surface area contributed by atoms with Crippen molar-refractivity contribution >= 4 is 22.6 Å². The number of aliphatic hydroxyl groups excluding tert-OH is 4. The number of rotatable bonds is 18. The Labute approximate surface area is 453 Å². The summed E-state index contributed by atoms with van der Waals surface area (Å²) in [5.41, 5.74) is 2.49. The highest BCUT2D eigenvalue weighted by molar-refractivity contribution is 5.96. The first-order chi connectivity index (χ1) is 36.3. The highest BCUT2D eigenvalue weighted by Gasteiger charge is 2.48. The topological polar surface area (TPSA) is 204 Å². The summed E-state index contributed by atoms with van der Waals surface area (Å²) >= 11 is 0. The number of allylic oxidation sites excluding steroid dienone is 3. The van der Waals surface area contributed by atoms with Crippen LogP contribution in [0.5, 0.6) is 5.75 Å². The number of hydrogen-bond acceptors (Lipinski definition) is 17. The number of cyclic esters (lactones) is 1. The number of oxime groups is 1. The molecule has 428 valence electrons. The Bertz CT molecular complexity index is 2170. The number of hydrogen-bond donors (Lipinski definition) is 4. The lowest BCUT2D eigenvalue weighted by Gasteiger charge is -2.47. The zero-order valence-corrected chi connectivity index (χ0v) is 47.6. The van der Waals surface area contributed by atoms with Gasteiger partial charge in [0.2, 0.25) is 0 Å². The van der Waals surface area contributed by atoms with Crippen molar-refractivity contribution in [1.29, 1.82) is 0 Å². The number of fused-ring (bicyclic) bond motifs is 1. The van der Waals surface area contributed by atoms with Gasteiger partial charge in [-0.1, -0.05) is 70.5 Å². The van der Waals surface area contributed by atoms with Crippen LogP contribution in [-0.4, -0.2) is 188 Å². The van der Waals surface area contributed by atoms with Crippen LogP contribution in [0, 0.1) is 41.4 Å². The van der Waals surface area contributed by atoms with Crippen LogP contribution in [0.4, 0.5) is 0 Å². The molecule has 1 aromatic carbocycles. The average Bonchev–Trinajstić information content (AvgIpc) is 3.38. The number of benzene rings is 1. The molecule has 0 radical (unpaired) electrons. The predicted molar refractivity (Wildman–Crippen MR) is 293 cm³/mol. The van der Waals surface area contributed by atoms with Gasteiger partial charge in [0.15, 0.2) is 6.29 Å². The van der Waals surface area contributed by atoms with Crippen LogP contribution in [0.2, 0.25) is 0 Å². The lowest BCUT2D eigenvalue weighted by atomic mass is 9.79. The summed E-state index contributed by atoms with van der Waals surface area (Å²) in [6.45, 7) is 19.9. The van der Waals surface area contributed by atoms with Gasteiger partial charge in [0.25, 0.3) is 0 Å². The van der Waals surface area contributed by atoms with E-state index in [9.17, 15) is 25.2 Å². The minimum absolute atomic E-state index is 0.111. The van der Waals surface area contributed by atoms with Gasteiger partial charge in [-0.25, -0.2) is 0 Å². The number of piperidine rings is 1. The van der Waals surface area contributed by atoms with Crippen molar-refractivity contribution < 1.29 is 63.2 Å². The molecular formula is C59H94N4O13. The second kappa shape index (κ2) is 29.6.